The van der Waals surface area contributed by atoms with Crippen molar-refractivity contribution in [2.24, 2.45) is 0 Å². The maximum absolute atomic E-state index is 11.2. The Morgan fingerprint density at radius 2 is 2.35 bits per heavy atom. The second kappa shape index (κ2) is 6.04. The zero-order chi connectivity index (χ0) is 14.7. The van der Waals surface area contributed by atoms with Gasteiger partial charge in [0, 0.05) is 26.3 Å². The van der Waals surface area contributed by atoms with Crippen LogP contribution in [0, 0.1) is 10.1 Å². The molecule has 2 unspecified atom stereocenters. The van der Waals surface area contributed by atoms with Crippen LogP contribution in [0.1, 0.15) is 20.3 Å². The van der Waals surface area contributed by atoms with Crippen LogP contribution in [0.5, 0.6) is 0 Å². The van der Waals surface area contributed by atoms with Crippen LogP contribution >= 0.6 is 0 Å². The highest BCUT2D eigenvalue weighted by molar-refractivity contribution is 5.62. The normalized spacial score (nSPS) is 21.8. The predicted octanol–water partition coefficient (Wildman–Crippen LogP) is 2.04. The number of rotatable bonds is 5. The zero-order valence-electron chi connectivity index (χ0n) is 12.0. The largest absolute Gasteiger partial charge is 0.376 e. The van der Waals surface area contributed by atoms with Crippen molar-refractivity contribution in [3.05, 3.63) is 22.2 Å². The fourth-order valence-electron chi connectivity index (χ4n) is 2.51. The standard InChI is InChI=1S/C13H20N4O3/c1-4-14-12-6-5-11(17(18)19)13(15-12)16(3)10-7-8-20-9(10)2/h5-6,9-10H,4,7-8H2,1-3H3,(H,14,15). The lowest BCUT2D eigenvalue weighted by Gasteiger charge is -2.27. The number of aromatic nitrogens is 1. The molecule has 7 heteroatoms. The van der Waals surface area contributed by atoms with Gasteiger partial charge in [-0.3, -0.25) is 10.1 Å². The minimum atomic E-state index is -0.394. The van der Waals surface area contributed by atoms with Gasteiger partial charge in [0.2, 0.25) is 5.82 Å². The number of ether oxygens (including phenoxy) is 1. The smallest absolute Gasteiger partial charge is 0.311 e. The number of hydrogen-bond acceptors (Lipinski definition) is 6. The molecular weight excluding hydrogens is 260 g/mol. The highest BCUT2D eigenvalue weighted by Gasteiger charge is 2.32. The van der Waals surface area contributed by atoms with Gasteiger partial charge in [0.1, 0.15) is 5.82 Å². The van der Waals surface area contributed by atoms with Crippen molar-refractivity contribution in [3.63, 3.8) is 0 Å². The Kier molecular flexibility index (Phi) is 4.39. The molecule has 0 bridgehead atoms. The number of pyridine rings is 1. The molecule has 1 aromatic rings. The first-order chi connectivity index (χ1) is 9.54. The van der Waals surface area contributed by atoms with Crippen molar-refractivity contribution in [3.8, 4) is 0 Å². The third-order valence-electron chi connectivity index (χ3n) is 3.58. The summed E-state index contributed by atoms with van der Waals surface area (Å²) in [4.78, 5) is 17.0. The highest BCUT2D eigenvalue weighted by Crippen LogP contribution is 2.31. The first-order valence-electron chi connectivity index (χ1n) is 6.78. The van der Waals surface area contributed by atoms with Crippen LogP contribution in [0.4, 0.5) is 17.3 Å². The SMILES string of the molecule is CCNc1ccc([N+](=O)[O-])c(N(C)C2CCOC2C)n1. The zero-order valence-corrected chi connectivity index (χ0v) is 12.0. The molecule has 0 aromatic carbocycles. The summed E-state index contributed by atoms with van der Waals surface area (Å²) in [6, 6.07) is 3.24. The van der Waals surface area contributed by atoms with Crippen LogP contribution in [-0.4, -0.2) is 42.3 Å². The van der Waals surface area contributed by atoms with Gasteiger partial charge in [-0.1, -0.05) is 0 Å². The average molecular weight is 280 g/mol. The van der Waals surface area contributed by atoms with Gasteiger partial charge >= 0.3 is 5.69 Å². The molecule has 0 spiro atoms. The van der Waals surface area contributed by atoms with E-state index in [-0.39, 0.29) is 17.8 Å². The van der Waals surface area contributed by atoms with Gasteiger partial charge in [0.05, 0.1) is 17.1 Å². The Balaban J connectivity index is 2.35. The summed E-state index contributed by atoms with van der Waals surface area (Å²) in [6.45, 7) is 5.33. The van der Waals surface area contributed by atoms with E-state index in [1.165, 1.54) is 6.07 Å². The predicted molar refractivity (Wildman–Crippen MR) is 77.3 cm³/mol. The molecule has 7 nitrogen and oxygen atoms in total. The van der Waals surface area contributed by atoms with Crippen LogP contribution in [0.25, 0.3) is 0 Å². The minimum absolute atomic E-state index is 0.0215. The van der Waals surface area contributed by atoms with Gasteiger partial charge < -0.3 is 15.0 Å². The van der Waals surface area contributed by atoms with Crippen molar-refractivity contribution in [1.82, 2.24) is 4.98 Å². The maximum atomic E-state index is 11.2. The summed E-state index contributed by atoms with van der Waals surface area (Å²) in [7, 11) is 1.83. The molecule has 2 rings (SSSR count). The van der Waals surface area contributed by atoms with E-state index in [9.17, 15) is 10.1 Å². The fourth-order valence-corrected chi connectivity index (χ4v) is 2.51. The number of likely N-dealkylation sites (N-methyl/N-ethyl adjacent to an activating group) is 1. The Morgan fingerprint density at radius 3 is 2.90 bits per heavy atom. The lowest BCUT2D eigenvalue weighted by Crippen LogP contribution is -2.37. The van der Waals surface area contributed by atoms with Crippen molar-refractivity contribution in [2.75, 3.05) is 30.4 Å². The summed E-state index contributed by atoms with van der Waals surface area (Å²) in [5.74, 6) is 1.03. The van der Waals surface area contributed by atoms with E-state index in [2.05, 4.69) is 10.3 Å². The Hall–Kier alpha value is -1.89. The maximum Gasteiger partial charge on any atom is 0.311 e. The molecule has 1 aliphatic heterocycles. The molecule has 0 saturated carbocycles. The third kappa shape index (κ3) is 2.82. The molecule has 0 aliphatic carbocycles. The van der Waals surface area contributed by atoms with E-state index < -0.39 is 4.92 Å². The van der Waals surface area contributed by atoms with Gasteiger partial charge in [-0.05, 0) is 26.3 Å². The fraction of sp³-hybridized carbons (Fsp3) is 0.615. The molecule has 1 saturated heterocycles. The summed E-state index contributed by atoms with van der Waals surface area (Å²) < 4.78 is 5.53. The van der Waals surface area contributed by atoms with Gasteiger partial charge in [-0.15, -0.1) is 0 Å². The molecule has 2 atom stereocenters. The van der Waals surface area contributed by atoms with Crippen molar-refractivity contribution < 1.29 is 9.66 Å². The van der Waals surface area contributed by atoms with E-state index >= 15 is 0 Å². The van der Waals surface area contributed by atoms with Crippen LogP contribution in [0.15, 0.2) is 12.1 Å². The van der Waals surface area contributed by atoms with Crippen molar-refractivity contribution >= 4 is 17.3 Å². The Bertz CT molecular complexity index is 495. The first kappa shape index (κ1) is 14.5. The molecule has 1 N–H and O–H groups in total. The average Bonchev–Trinajstić information content (AvgIpc) is 2.84. The molecule has 110 valence electrons. The Morgan fingerprint density at radius 1 is 1.60 bits per heavy atom. The second-order valence-corrected chi connectivity index (χ2v) is 4.87. The van der Waals surface area contributed by atoms with Gasteiger partial charge in [0.25, 0.3) is 0 Å². The topological polar surface area (TPSA) is 80.5 Å². The molecule has 0 amide bonds. The molecule has 2 heterocycles. The molecule has 20 heavy (non-hydrogen) atoms. The van der Waals surface area contributed by atoms with Gasteiger partial charge in [-0.2, -0.15) is 0 Å². The molecule has 1 fully saturated rings. The van der Waals surface area contributed by atoms with Crippen molar-refractivity contribution in [2.45, 2.75) is 32.4 Å². The first-order valence-corrected chi connectivity index (χ1v) is 6.78. The van der Waals surface area contributed by atoms with E-state index in [1.807, 2.05) is 25.8 Å². The molecule has 1 aliphatic rings. The number of nitrogens with zero attached hydrogens (tertiary/aromatic N) is 3. The number of nitro groups is 1. The van der Waals surface area contributed by atoms with E-state index in [0.29, 0.717) is 18.2 Å². The van der Waals surface area contributed by atoms with E-state index in [1.54, 1.807) is 6.07 Å². The Labute approximate surface area is 118 Å². The summed E-state index contributed by atoms with van der Waals surface area (Å²) >= 11 is 0. The lowest BCUT2D eigenvalue weighted by atomic mass is 10.1. The minimum Gasteiger partial charge on any atom is -0.376 e. The van der Waals surface area contributed by atoms with Gasteiger partial charge in [0.15, 0.2) is 0 Å². The second-order valence-electron chi connectivity index (χ2n) is 4.87. The molecule has 1 aromatic heterocycles. The third-order valence-corrected chi connectivity index (χ3v) is 3.58. The number of hydrogen-bond donors (Lipinski definition) is 1. The summed E-state index contributed by atoms with van der Waals surface area (Å²) in [5, 5.41) is 14.3. The van der Waals surface area contributed by atoms with Crippen molar-refractivity contribution in [1.29, 1.82) is 0 Å². The molecular formula is C13H20N4O3. The number of nitrogens with one attached hydrogen (secondary N) is 1. The van der Waals surface area contributed by atoms with Crippen LogP contribution in [0.2, 0.25) is 0 Å². The lowest BCUT2D eigenvalue weighted by molar-refractivity contribution is -0.384. The highest BCUT2D eigenvalue weighted by atomic mass is 16.6. The van der Waals surface area contributed by atoms with Gasteiger partial charge in [-0.25, -0.2) is 4.98 Å². The molecule has 0 radical (unpaired) electrons. The summed E-state index contributed by atoms with van der Waals surface area (Å²) in [6.07, 6.45) is 0.895. The summed E-state index contributed by atoms with van der Waals surface area (Å²) in [5.41, 5.74) is 0.0215. The monoisotopic (exact) mass is 280 g/mol. The van der Waals surface area contributed by atoms with E-state index in [0.717, 1.165) is 13.0 Å². The van der Waals surface area contributed by atoms with E-state index in [4.69, 9.17) is 4.74 Å². The van der Waals surface area contributed by atoms with Crippen LogP contribution in [0.3, 0.4) is 0 Å². The quantitative estimate of drug-likeness (QED) is 0.656. The number of anilines is 2. The van der Waals surface area contributed by atoms with Crippen LogP contribution in [-0.2, 0) is 4.74 Å². The van der Waals surface area contributed by atoms with Crippen LogP contribution < -0.4 is 10.2 Å².